The fourth-order valence-corrected chi connectivity index (χ4v) is 5.66. The van der Waals surface area contributed by atoms with Crippen LogP contribution in [-0.2, 0) is 0 Å². The third-order valence-electron chi connectivity index (χ3n) is 7.25. The summed E-state index contributed by atoms with van der Waals surface area (Å²) in [5.41, 5.74) is 3.15. The van der Waals surface area contributed by atoms with E-state index in [1.807, 2.05) is 0 Å². The molecule has 0 spiro atoms. The topological polar surface area (TPSA) is 20.2 Å². The van der Waals surface area contributed by atoms with Crippen molar-refractivity contribution < 1.29 is 5.11 Å². The molecule has 0 aromatic heterocycles. The van der Waals surface area contributed by atoms with Gasteiger partial charge in [0.25, 0.3) is 0 Å². The molecular formula is C27H50O. The maximum absolute atomic E-state index is 10.9. The molecule has 0 aliphatic heterocycles. The molecule has 1 aliphatic rings. The van der Waals surface area contributed by atoms with Gasteiger partial charge < -0.3 is 5.11 Å². The first-order chi connectivity index (χ1) is 13.5. The summed E-state index contributed by atoms with van der Waals surface area (Å²) in [4.78, 5) is 0. The van der Waals surface area contributed by atoms with Gasteiger partial charge in [-0.15, -0.1) is 0 Å². The van der Waals surface area contributed by atoms with Gasteiger partial charge in [0.2, 0.25) is 0 Å². The fraction of sp³-hybridized carbons (Fsp3) is 0.852. The summed E-state index contributed by atoms with van der Waals surface area (Å²) >= 11 is 0. The van der Waals surface area contributed by atoms with Crippen LogP contribution in [0.15, 0.2) is 23.3 Å². The normalized spacial score (nSPS) is 24.8. The van der Waals surface area contributed by atoms with Crippen molar-refractivity contribution in [3.63, 3.8) is 0 Å². The van der Waals surface area contributed by atoms with Crippen LogP contribution < -0.4 is 0 Å². The van der Waals surface area contributed by atoms with Crippen molar-refractivity contribution in [2.75, 3.05) is 0 Å². The minimum atomic E-state index is -0.155. The Morgan fingerprint density at radius 2 is 1.75 bits per heavy atom. The lowest BCUT2D eigenvalue weighted by Crippen LogP contribution is -2.24. The predicted molar refractivity (Wildman–Crippen MR) is 126 cm³/mol. The number of hydrogen-bond donors (Lipinski definition) is 1. The molecule has 1 rings (SSSR count). The van der Waals surface area contributed by atoms with E-state index < -0.39 is 0 Å². The van der Waals surface area contributed by atoms with Crippen molar-refractivity contribution in [3.05, 3.63) is 23.3 Å². The number of aliphatic hydroxyl groups is 1. The lowest BCUT2D eigenvalue weighted by atomic mass is 9.74. The van der Waals surface area contributed by atoms with Gasteiger partial charge in [0.15, 0.2) is 0 Å². The Labute approximate surface area is 177 Å². The zero-order valence-corrected chi connectivity index (χ0v) is 20.0. The summed E-state index contributed by atoms with van der Waals surface area (Å²) in [6.07, 6.45) is 19.1. The molecule has 0 aromatic rings. The number of hydrogen-bond acceptors (Lipinski definition) is 1. The molecule has 0 radical (unpaired) electrons. The number of rotatable bonds is 13. The van der Waals surface area contributed by atoms with Gasteiger partial charge in [-0.05, 0) is 69.6 Å². The van der Waals surface area contributed by atoms with E-state index in [1.54, 1.807) is 5.57 Å². The molecule has 28 heavy (non-hydrogen) atoms. The highest BCUT2D eigenvalue weighted by atomic mass is 16.3. The smallest absolute Gasteiger partial charge is 0.0580 e. The first-order valence-electron chi connectivity index (χ1n) is 12.5. The first kappa shape index (κ1) is 25.5. The second-order valence-corrected chi connectivity index (χ2v) is 9.54. The molecule has 1 heteroatoms. The van der Waals surface area contributed by atoms with E-state index in [1.165, 1.54) is 69.8 Å². The van der Waals surface area contributed by atoms with Crippen LogP contribution in [0.3, 0.4) is 0 Å². The molecule has 1 aliphatic carbocycles. The van der Waals surface area contributed by atoms with Gasteiger partial charge in [-0.25, -0.2) is 0 Å². The van der Waals surface area contributed by atoms with Gasteiger partial charge in [-0.3, -0.25) is 0 Å². The van der Waals surface area contributed by atoms with Gasteiger partial charge in [0.05, 0.1) is 6.10 Å². The molecule has 1 nitrogen and oxygen atoms in total. The molecule has 5 atom stereocenters. The van der Waals surface area contributed by atoms with E-state index >= 15 is 0 Å². The van der Waals surface area contributed by atoms with Crippen molar-refractivity contribution in [1.29, 1.82) is 0 Å². The van der Waals surface area contributed by atoms with Crippen LogP contribution in [0.2, 0.25) is 0 Å². The van der Waals surface area contributed by atoms with Crippen molar-refractivity contribution in [1.82, 2.24) is 0 Å². The van der Waals surface area contributed by atoms with E-state index in [-0.39, 0.29) is 6.10 Å². The molecule has 1 N–H and O–H groups in total. The Morgan fingerprint density at radius 1 is 1.07 bits per heavy atom. The Bertz CT molecular complexity index is 461. The molecule has 0 bridgehead atoms. The van der Waals surface area contributed by atoms with E-state index in [2.05, 4.69) is 53.7 Å². The zero-order chi connectivity index (χ0) is 20.9. The van der Waals surface area contributed by atoms with Crippen LogP contribution >= 0.6 is 0 Å². The van der Waals surface area contributed by atoms with E-state index in [0.29, 0.717) is 11.8 Å². The summed E-state index contributed by atoms with van der Waals surface area (Å²) in [5, 5.41) is 10.9. The molecule has 0 amide bonds. The monoisotopic (exact) mass is 390 g/mol. The summed E-state index contributed by atoms with van der Waals surface area (Å²) in [6.45, 7) is 13.8. The van der Waals surface area contributed by atoms with Crippen molar-refractivity contribution in [2.24, 2.45) is 23.7 Å². The maximum atomic E-state index is 10.9. The minimum absolute atomic E-state index is 0.155. The number of aliphatic hydroxyl groups excluding tert-OH is 1. The van der Waals surface area contributed by atoms with E-state index in [9.17, 15) is 5.11 Å². The summed E-state index contributed by atoms with van der Waals surface area (Å²) in [5.74, 6) is 2.95. The summed E-state index contributed by atoms with van der Waals surface area (Å²) in [7, 11) is 0. The van der Waals surface area contributed by atoms with Crippen LogP contribution in [-0.4, -0.2) is 11.2 Å². The van der Waals surface area contributed by atoms with Crippen molar-refractivity contribution in [2.45, 2.75) is 125 Å². The predicted octanol–water partition coefficient (Wildman–Crippen LogP) is 8.48. The largest absolute Gasteiger partial charge is 0.393 e. The molecule has 3 unspecified atom stereocenters. The minimum Gasteiger partial charge on any atom is -0.393 e. The molecule has 0 aromatic carbocycles. The van der Waals surface area contributed by atoms with Gasteiger partial charge in [-0.2, -0.15) is 0 Å². The molecular weight excluding hydrogens is 340 g/mol. The Hall–Kier alpha value is -0.560. The SMILES string of the molecule is C/C=C\C[C@@H](C)C(CCC)/C(CCC)=C(\C)CC(O)C[C@H]1CCCCC1CC. The quantitative estimate of drug-likeness (QED) is 0.313. The lowest BCUT2D eigenvalue weighted by molar-refractivity contribution is 0.103. The van der Waals surface area contributed by atoms with Crippen LogP contribution in [0, 0.1) is 23.7 Å². The first-order valence-corrected chi connectivity index (χ1v) is 12.5. The Kier molecular flexibility index (Phi) is 13.1. The van der Waals surface area contributed by atoms with Crippen LogP contribution in [0.5, 0.6) is 0 Å². The molecule has 164 valence electrons. The van der Waals surface area contributed by atoms with Gasteiger partial charge in [-0.1, -0.05) is 95.9 Å². The Balaban J connectivity index is 2.87. The molecule has 0 saturated heterocycles. The standard InChI is InChI=1S/C27H50O/c1-7-11-16-21(5)26(14-8-2)27(15-9-3)22(6)19-25(28)20-24-18-13-12-17-23(24)10-4/h7,11,21,23-26,28H,8-10,12-20H2,1-6H3/b11-7-,27-22+/t21-,23?,24-,25?,26?/m1/s1. The lowest BCUT2D eigenvalue weighted by Gasteiger charge is -2.33. The zero-order valence-electron chi connectivity index (χ0n) is 20.0. The highest BCUT2D eigenvalue weighted by Crippen LogP contribution is 2.38. The average molecular weight is 391 g/mol. The van der Waals surface area contributed by atoms with E-state index in [4.69, 9.17) is 0 Å². The van der Waals surface area contributed by atoms with Gasteiger partial charge >= 0.3 is 0 Å². The van der Waals surface area contributed by atoms with Gasteiger partial charge in [0.1, 0.15) is 0 Å². The summed E-state index contributed by atoms with van der Waals surface area (Å²) < 4.78 is 0. The average Bonchev–Trinajstić information content (AvgIpc) is 2.69. The van der Waals surface area contributed by atoms with Crippen molar-refractivity contribution >= 4 is 0 Å². The van der Waals surface area contributed by atoms with Crippen LogP contribution in [0.4, 0.5) is 0 Å². The third-order valence-corrected chi connectivity index (χ3v) is 7.25. The van der Waals surface area contributed by atoms with Gasteiger partial charge in [0, 0.05) is 0 Å². The van der Waals surface area contributed by atoms with E-state index in [0.717, 1.165) is 24.7 Å². The fourth-order valence-electron chi connectivity index (χ4n) is 5.66. The van der Waals surface area contributed by atoms with Crippen LogP contribution in [0.1, 0.15) is 119 Å². The number of allylic oxidation sites excluding steroid dienone is 3. The summed E-state index contributed by atoms with van der Waals surface area (Å²) in [6, 6.07) is 0. The third kappa shape index (κ3) is 8.44. The maximum Gasteiger partial charge on any atom is 0.0580 e. The van der Waals surface area contributed by atoms with Crippen LogP contribution in [0.25, 0.3) is 0 Å². The molecule has 1 fully saturated rings. The highest BCUT2D eigenvalue weighted by molar-refractivity contribution is 5.17. The highest BCUT2D eigenvalue weighted by Gasteiger charge is 2.27. The second-order valence-electron chi connectivity index (χ2n) is 9.54. The molecule has 0 heterocycles. The van der Waals surface area contributed by atoms with Crippen molar-refractivity contribution in [3.8, 4) is 0 Å². The molecule has 1 saturated carbocycles. The second kappa shape index (κ2) is 14.4. The Morgan fingerprint density at radius 3 is 2.32 bits per heavy atom.